The maximum absolute atomic E-state index is 13.2. The number of fused-ring (bicyclic) bond motifs is 2. The summed E-state index contributed by atoms with van der Waals surface area (Å²) in [7, 11) is 0. The van der Waals surface area contributed by atoms with E-state index in [4.69, 9.17) is 0 Å². The second-order valence-corrected chi connectivity index (χ2v) is 8.32. The van der Waals surface area contributed by atoms with Crippen LogP contribution in [0.4, 0.5) is 11.4 Å². The standard InChI is InChI=1S/C22H15Br2NO2/c1-11-9-12(2)20(16(24)10-11)25-17-8-7-15(23)18-19(17)22(27)14-6-4-3-5-13(14)21(18)26/h3-10,25H,1-2H3. The van der Waals surface area contributed by atoms with E-state index in [1.807, 2.05) is 26.0 Å². The quantitative estimate of drug-likeness (QED) is 0.360. The van der Waals surface area contributed by atoms with Crippen molar-refractivity contribution in [1.82, 2.24) is 0 Å². The fourth-order valence-electron chi connectivity index (χ4n) is 3.50. The smallest absolute Gasteiger partial charge is 0.196 e. The Labute approximate surface area is 174 Å². The molecule has 0 saturated carbocycles. The average Bonchev–Trinajstić information content (AvgIpc) is 2.63. The van der Waals surface area contributed by atoms with Crippen molar-refractivity contribution in [3.05, 3.63) is 90.9 Å². The minimum absolute atomic E-state index is 0.143. The number of ketones is 2. The Morgan fingerprint density at radius 1 is 0.778 bits per heavy atom. The highest BCUT2D eigenvalue weighted by atomic mass is 79.9. The topological polar surface area (TPSA) is 46.2 Å². The number of anilines is 2. The second kappa shape index (κ2) is 6.73. The third kappa shape index (κ3) is 2.95. The van der Waals surface area contributed by atoms with Crippen LogP contribution in [-0.2, 0) is 0 Å². The third-order valence-electron chi connectivity index (χ3n) is 4.72. The highest BCUT2D eigenvalue weighted by Crippen LogP contribution is 2.39. The molecule has 0 radical (unpaired) electrons. The Kier molecular flexibility index (Phi) is 4.52. The number of hydrogen-bond acceptors (Lipinski definition) is 3. The van der Waals surface area contributed by atoms with E-state index in [-0.39, 0.29) is 11.6 Å². The number of halogens is 2. The van der Waals surface area contributed by atoms with Crippen LogP contribution in [0.25, 0.3) is 0 Å². The number of benzene rings is 3. The van der Waals surface area contributed by atoms with E-state index in [0.717, 1.165) is 21.3 Å². The van der Waals surface area contributed by atoms with Gasteiger partial charge in [-0.2, -0.15) is 0 Å². The fraction of sp³-hybridized carbons (Fsp3) is 0.0909. The van der Waals surface area contributed by atoms with Gasteiger partial charge in [0.15, 0.2) is 11.6 Å². The molecule has 134 valence electrons. The number of nitrogens with one attached hydrogen (secondary N) is 1. The molecule has 0 amide bonds. The van der Waals surface area contributed by atoms with Gasteiger partial charge in [-0.3, -0.25) is 9.59 Å². The van der Waals surface area contributed by atoms with Crippen LogP contribution in [-0.4, -0.2) is 11.6 Å². The molecular formula is C22H15Br2NO2. The molecule has 1 aliphatic rings. The first-order valence-corrected chi connectivity index (χ1v) is 10.0. The summed E-state index contributed by atoms with van der Waals surface area (Å²) in [6.07, 6.45) is 0. The van der Waals surface area contributed by atoms with E-state index in [9.17, 15) is 9.59 Å². The summed E-state index contributed by atoms with van der Waals surface area (Å²) in [6.45, 7) is 4.04. The van der Waals surface area contributed by atoms with Crippen LogP contribution in [0.5, 0.6) is 0 Å². The van der Waals surface area contributed by atoms with E-state index in [1.54, 1.807) is 30.3 Å². The largest absolute Gasteiger partial charge is 0.354 e. The van der Waals surface area contributed by atoms with Gasteiger partial charge in [-0.25, -0.2) is 0 Å². The van der Waals surface area contributed by atoms with Crippen LogP contribution in [0.1, 0.15) is 43.0 Å². The van der Waals surface area contributed by atoms with Crippen molar-refractivity contribution >= 4 is 54.8 Å². The molecule has 0 atom stereocenters. The van der Waals surface area contributed by atoms with Gasteiger partial charge in [0.25, 0.3) is 0 Å². The Hall–Kier alpha value is -2.24. The fourth-order valence-corrected chi connectivity index (χ4v) is 4.78. The number of aryl methyl sites for hydroxylation is 2. The number of carbonyl (C=O) groups is 2. The van der Waals surface area contributed by atoms with E-state index in [2.05, 4.69) is 43.2 Å². The average molecular weight is 485 g/mol. The maximum atomic E-state index is 13.2. The van der Waals surface area contributed by atoms with Gasteiger partial charge in [0.05, 0.1) is 22.5 Å². The minimum Gasteiger partial charge on any atom is -0.354 e. The first kappa shape index (κ1) is 18.1. The Balaban J connectivity index is 1.91. The lowest BCUT2D eigenvalue weighted by Gasteiger charge is -2.23. The van der Waals surface area contributed by atoms with Gasteiger partial charge in [-0.1, -0.05) is 46.3 Å². The second-order valence-electron chi connectivity index (χ2n) is 6.61. The molecule has 0 unspecified atom stereocenters. The van der Waals surface area contributed by atoms with E-state index in [1.165, 1.54) is 0 Å². The van der Waals surface area contributed by atoms with Crippen LogP contribution in [0.3, 0.4) is 0 Å². The molecule has 0 spiro atoms. The van der Waals surface area contributed by atoms with Crippen LogP contribution < -0.4 is 5.32 Å². The number of hydrogen-bond donors (Lipinski definition) is 1. The zero-order valence-corrected chi connectivity index (χ0v) is 17.9. The van der Waals surface area contributed by atoms with Crippen LogP contribution in [0, 0.1) is 13.8 Å². The number of rotatable bonds is 2. The lowest BCUT2D eigenvalue weighted by molar-refractivity contribution is 0.0979. The lowest BCUT2D eigenvalue weighted by Crippen LogP contribution is -2.22. The predicted octanol–water partition coefficient (Wildman–Crippen LogP) is 6.35. The SMILES string of the molecule is Cc1cc(C)c(Nc2ccc(Br)c3c2C(=O)c2ccccc2C3=O)c(Br)c1. The van der Waals surface area contributed by atoms with Gasteiger partial charge < -0.3 is 5.32 Å². The summed E-state index contributed by atoms with van der Waals surface area (Å²) in [5.74, 6) is -0.291. The van der Waals surface area contributed by atoms with Crippen LogP contribution >= 0.6 is 31.9 Å². The minimum atomic E-state index is -0.148. The molecule has 0 heterocycles. The molecule has 0 bridgehead atoms. The Bertz CT molecular complexity index is 1110. The van der Waals surface area contributed by atoms with Crippen molar-refractivity contribution in [3.63, 3.8) is 0 Å². The zero-order valence-electron chi connectivity index (χ0n) is 14.7. The van der Waals surface area contributed by atoms with E-state index < -0.39 is 0 Å². The van der Waals surface area contributed by atoms with Gasteiger partial charge >= 0.3 is 0 Å². The molecule has 27 heavy (non-hydrogen) atoms. The molecule has 3 aromatic rings. The summed E-state index contributed by atoms with van der Waals surface area (Å²) in [5, 5.41) is 3.36. The molecule has 1 N–H and O–H groups in total. The Morgan fingerprint density at radius 2 is 1.41 bits per heavy atom. The van der Waals surface area contributed by atoms with Gasteiger partial charge in [0, 0.05) is 20.1 Å². The highest BCUT2D eigenvalue weighted by molar-refractivity contribution is 9.11. The van der Waals surface area contributed by atoms with Gasteiger partial charge in [0.2, 0.25) is 0 Å². The summed E-state index contributed by atoms with van der Waals surface area (Å²) >= 11 is 7.04. The molecule has 0 fully saturated rings. The molecular weight excluding hydrogens is 470 g/mol. The molecule has 1 aliphatic carbocycles. The van der Waals surface area contributed by atoms with Crippen LogP contribution in [0.2, 0.25) is 0 Å². The molecule has 5 heteroatoms. The van der Waals surface area contributed by atoms with Crippen LogP contribution in [0.15, 0.2) is 57.5 Å². The monoisotopic (exact) mass is 483 g/mol. The zero-order chi connectivity index (χ0) is 19.3. The van der Waals surface area contributed by atoms with Gasteiger partial charge in [-0.15, -0.1) is 0 Å². The van der Waals surface area contributed by atoms with Crippen molar-refractivity contribution in [2.75, 3.05) is 5.32 Å². The molecule has 3 nitrogen and oxygen atoms in total. The first-order valence-electron chi connectivity index (χ1n) is 8.43. The summed E-state index contributed by atoms with van der Waals surface area (Å²) < 4.78 is 1.53. The van der Waals surface area contributed by atoms with Crippen molar-refractivity contribution in [2.24, 2.45) is 0 Å². The third-order valence-corrected chi connectivity index (χ3v) is 6.00. The highest BCUT2D eigenvalue weighted by Gasteiger charge is 2.33. The number of carbonyl (C=O) groups excluding carboxylic acids is 2. The molecule has 3 aromatic carbocycles. The normalized spacial score (nSPS) is 12.6. The van der Waals surface area contributed by atoms with Gasteiger partial charge in [0.1, 0.15) is 0 Å². The predicted molar refractivity (Wildman–Crippen MR) is 114 cm³/mol. The van der Waals surface area contributed by atoms with Crippen molar-refractivity contribution in [1.29, 1.82) is 0 Å². The van der Waals surface area contributed by atoms with Crippen molar-refractivity contribution in [3.8, 4) is 0 Å². The molecule has 0 aromatic heterocycles. The Morgan fingerprint density at radius 3 is 2.04 bits per heavy atom. The van der Waals surface area contributed by atoms with E-state index in [0.29, 0.717) is 32.4 Å². The van der Waals surface area contributed by atoms with Crippen molar-refractivity contribution < 1.29 is 9.59 Å². The molecule has 4 rings (SSSR count). The maximum Gasteiger partial charge on any atom is 0.196 e. The van der Waals surface area contributed by atoms with Crippen molar-refractivity contribution in [2.45, 2.75) is 13.8 Å². The summed E-state index contributed by atoms with van der Waals surface area (Å²) in [6, 6.07) is 14.7. The summed E-state index contributed by atoms with van der Waals surface area (Å²) in [5.41, 5.74) is 5.38. The molecule has 0 aliphatic heterocycles. The summed E-state index contributed by atoms with van der Waals surface area (Å²) in [4.78, 5) is 26.3. The lowest BCUT2D eigenvalue weighted by atomic mass is 9.83. The van der Waals surface area contributed by atoms with Gasteiger partial charge in [-0.05, 0) is 59.1 Å². The first-order chi connectivity index (χ1) is 12.9. The van der Waals surface area contributed by atoms with E-state index >= 15 is 0 Å². The molecule has 0 saturated heterocycles.